The van der Waals surface area contributed by atoms with Gasteiger partial charge < -0.3 is 15.0 Å². The van der Waals surface area contributed by atoms with Gasteiger partial charge in [-0.3, -0.25) is 14.3 Å². The number of carbonyl (C=O) groups is 2. The molecule has 0 radical (unpaired) electrons. The number of sulfonamides is 1. The van der Waals surface area contributed by atoms with Crippen molar-refractivity contribution in [1.82, 2.24) is 10.2 Å². The van der Waals surface area contributed by atoms with Crippen LogP contribution in [0.5, 0.6) is 5.75 Å². The van der Waals surface area contributed by atoms with Crippen LogP contribution in [0.3, 0.4) is 0 Å². The lowest BCUT2D eigenvalue weighted by Crippen LogP contribution is -2.51. The molecule has 8 nitrogen and oxygen atoms in total. The van der Waals surface area contributed by atoms with Crippen LogP contribution in [-0.4, -0.2) is 37.8 Å². The second kappa shape index (κ2) is 16.1. The first-order valence-corrected chi connectivity index (χ1v) is 16.9. The lowest BCUT2D eigenvalue weighted by molar-refractivity contribution is -0.142. The number of nitrogens with one attached hydrogen (secondary N) is 2. The molecule has 0 heterocycles. The van der Waals surface area contributed by atoms with Gasteiger partial charge in [-0.05, 0) is 71.3 Å². The molecule has 5 aromatic carbocycles. The van der Waals surface area contributed by atoms with Crippen LogP contribution < -0.4 is 14.8 Å². The smallest absolute Gasteiger partial charge is 0.261 e. The average Bonchev–Trinajstić information content (AvgIpc) is 3.10. The van der Waals surface area contributed by atoms with E-state index in [0.717, 1.165) is 28.8 Å². The zero-order chi connectivity index (χ0) is 33.9. The molecule has 0 unspecified atom stereocenters. The topological polar surface area (TPSA) is 105 Å². The molecule has 48 heavy (non-hydrogen) atoms. The Balaban J connectivity index is 1.34. The zero-order valence-corrected chi connectivity index (χ0v) is 27.3. The van der Waals surface area contributed by atoms with Crippen molar-refractivity contribution in [3.05, 3.63) is 161 Å². The van der Waals surface area contributed by atoms with Crippen LogP contribution in [0.15, 0.2) is 138 Å². The van der Waals surface area contributed by atoms with Crippen molar-refractivity contribution in [3.8, 4) is 5.75 Å². The third-order valence-electron chi connectivity index (χ3n) is 7.47. The summed E-state index contributed by atoms with van der Waals surface area (Å²) in [6.07, 6.45) is 0.251. The monoisotopic (exact) mass is 685 g/mol. The number of benzene rings is 5. The minimum Gasteiger partial charge on any atom is -0.484 e. The molecule has 11 heteroatoms. The Hall–Kier alpha value is -5.19. The predicted molar refractivity (Wildman–Crippen MR) is 183 cm³/mol. The Labute approximate surface area is 284 Å². The van der Waals surface area contributed by atoms with Crippen LogP contribution in [0, 0.1) is 5.82 Å². The number of amides is 2. The molecule has 0 spiro atoms. The third kappa shape index (κ3) is 9.43. The fourth-order valence-electron chi connectivity index (χ4n) is 4.95. The van der Waals surface area contributed by atoms with Crippen LogP contribution in [0.4, 0.5) is 10.1 Å². The molecule has 0 bridgehead atoms. The van der Waals surface area contributed by atoms with Crippen molar-refractivity contribution in [2.24, 2.45) is 0 Å². The number of halogens is 2. The molecule has 0 saturated carbocycles. The van der Waals surface area contributed by atoms with Crippen molar-refractivity contribution in [3.63, 3.8) is 0 Å². The fourth-order valence-corrected chi connectivity index (χ4v) is 6.21. The summed E-state index contributed by atoms with van der Waals surface area (Å²) in [6.45, 7) is -0.0823. The molecule has 0 aliphatic carbocycles. The van der Waals surface area contributed by atoms with Gasteiger partial charge >= 0.3 is 0 Å². The molecule has 2 N–H and O–H groups in total. The van der Waals surface area contributed by atoms with E-state index < -0.39 is 34.4 Å². The van der Waals surface area contributed by atoms with E-state index in [1.807, 2.05) is 78.9 Å². The van der Waals surface area contributed by atoms with Crippen LogP contribution in [0.1, 0.15) is 16.7 Å². The third-order valence-corrected chi connectivity index (χ3v) is 9.24. The van der Waals surface area contributed by atoms with E-state index in [-0.39, 0.29) is 41.7 Å². The highest BCUT2D eigenvalue weighted by molar-refractivity contribution is 7.92. The van der Waals surface area contributed by atoms with Crippen molar-refractivity contribution < 1.29 is 27.1 Å². The first-order valence-electron chi connectivity index (χ1n) is 15.1. The Bertz CT molecular complexity index is 1930. The summed E-state index contributed by atoms with van der Waals surface area (Å²) in [7, 11) is -3.96. The lowest BCUT2D eigenvalue weighted by Gasteiger charge is -2.31. The molecule has 0 aromatic heterocycles. The van der Waals surface area contributed by atoms with Gasteiger partial charge in [-0.1, -0.05) is 90.5 Å². The molecule has 5 rings (SSSR count). The largest absolute Gasteiger partial charge is 0.484 e. The summed E-state index contributed by atoms with van der Waals surface area (Å²) < 4.78 is 47.1. The first-order chi connectivity index (χ1) is 23.2. The Kier molecular flexibility index (Phi) is 11.4. The van der Waals surface area contributed by atoms with E-state index in [2.05, 4.69) is 10.0 Å². The number of carbonyl (C=O) groups excluding carboxylic acids is 2. The van der Waals surface area contributed by atoms with Gasteiger partial charge in [0.25, 0.3) is 15.9 Å². The van der Waals surface area contributed by atoms with Crippen molar-refractivity contribution in [2.75, 3.05) is 11.3 Å². The molecule has 0 aliphatic heterocycles. The number of hydrogen-bond acceptors (Lipinski definition) is 5. The van der Waals surface area contributed by atoms with E-state index in [4.69, 9.17) is 16.3 Å². The standard InChI is InChI=1S/C37H33ClFN3O5S/c38-34-14-8-7-13-29(34)24-40-37(44)35(23-27-9-3-1-4-10-27)42(25-28-11-5-2-6-12-28)36(43)26-47-32-19-21-33(22-20-32)48(45,46)41-31-17-15-30(39)16-18-31/h1-22,35,41H,23-26H2,(H,40,44)/t35-/m0/s1. The van der Waals surface area contributed by atoms with Crippen LogP contribution in [-0.2, 0) is 39.1 Å². The second-order valence-electron chi connectivity index (χ2n) is 10.9. The SMILES string of the molecule is O=C(NCc1ccccc1Cl)[C@H](Cc1ccccc1)N(Cc1ccccc1)C(=O)COc1ccc(S(=O)(=O)Nc2ccc(F)cc2)cc1. The molecule has 0 saturated heterocycles. The summed E-state index contributed by atoms with van der Waals surface area (Å²) in [5, 5.41) is 3.48. The average molecular weight is 686 g/mol. The van der Waals surface area contributed by atoms with Gasteiger partial charge in [-0.15, -0.1) is 0 Å². The van der Waals surface area contributed by atoms with Crippen LogP contribution in [0.2, 0.25) is 5.02 Å². The highest BCUT2D eigenvalue weighted by Gasteiger charge is 2.31. The maximum atomic E-state index is 13.9. The van der Waals surface area contributed by atoms with E-state index in [1.165, 1.54) is 41.3 Å². The molecule has 246 valence electrons. The summed E-state index contributed by atoms with van der Waals surface area (Å²) in [5.41, 5.74) is 2.65. The van der Waals surface area contributed by atoms with Crippen molar-refractivity contribution in [2.45, 2.75) is 30.4 Å². The van der Waals surface area contributed by atoms with Crippen molar-refractivity contribution in [1.29, 1.82) is 0 Å². The van der Waals surface area contributed by atoms with E-state index >= 15 is 0 Å². The molecule has 0 aliphatic rings. The molecule has 5 aromatic rings. The van der Waals surface area contributed by atoms with Gasteiger partial charge in [0.15, 0.2) is 6.61 Å². The maximum absolute atomic E-state index is 13.9. The zero-order valence-electron chi connectivity index (χ0n) is 25.8. The van der Waals surface area contributed by atoms with Gasteiger partial charge in [0.2, 0.25) is 5.91 Å². The number of rotatable bonds is 14. The van der Waals surface area contributed by atoms with Crippen LogP contribution in [0.25, 0.3) is 0 Å². The normalized spacial score (nSPS) is 11.7. The molecule has 0 fully saturated rings. The quantitative estimate of drug-likeness (QED) is 0.137. The molecular weight excluding hydrogens is 653 g/mol. The van der Waals surface area contributed by atoms with E-state index in [9.17, 15) is 22.4 Å². The predicted octanol–water partition coefficient (Wildman–Crippen LogP) is 6.62. The fraction of sp³-hybridized carbons (Fsp3) is 0.135. The Morgan fingerprint density at radius 3 is 2.02 bits per heavy atom. The highest BCUT2D eigenvalue weighted by atomic mass is 35.5. The van der Waals surface area contributed by atoms with E-state index in [1.54, 1.807) is 6.07 Å². The van der Waals surface area contributed by atoms with Crippen molar-refractivity contribution >= 4 is 39.1 Å². The van der Waals surface area contributed by atoms with Gasteiger partial charge in [-0.25, -0.2) is 12.8 Å². The summed E-state index contributed by atoms with van der Waals surface area (Å²) in [5.74, 6) is -1.03. The van der Waals surface area contributed by atoms with E-state index in [0.29, 0.717) is 5.02 Å². The molecule has 2 amide bonds. The summed E-state index contributed by atoms with van der Waals surface area (Å²) >= 11 is 6.33. The minimum absolute atomic E-state index is 0.0469. The first kappa shape index (κ1) is 34.2. The minimum atomic E-state index is -3.96. The number of ether oxygens (including phenoxy) is 1. The second-order valence-corrected chi connectivity index (χ2v) is 13.0. The molecule has 1 atom stereocenters. The van der Waals surface area contributed by atoms with Gasteiger partial charge in [-0.2, -0.15) is 0 Å². The lowest BCUT2D eigenvalue weighted by atomic mass is 10.0. The maximum Gasteiger partial charge on any atom is 0.261 e. The number of anilines is 1. The molecular formula is C37H33ClFN3O5S. The highest BCUT2D eigenvalue weighted by Crippen LogP contribution is 2.21. The summed E-state index contributed by atoms with van der Waals surface area (Å²) in [4.78, 5) is 29.2. The van der Waals surface area contributed by atoms with Crippen LogP contribution >= 0.6 is 11.6 Å². The number of hydrogen-bond donors (Lipinski definition) is 2. The summed E-state index contributed by atoms with van der Waals surface area (Å²) in [6, 6.07) is 35.6. The van der Waals surface area contributed by atoms with Gasteiger partial charge in [0, 0.05) is 30.2 Å². The Morgan fingerprint density at radius 2 is 1.38 bits per heavy atom. The Morgan fingerprint density at radius 1 is 0.771 bits per heavy atom. The van der Waals surface area contributed by atoms with Gasteiger partial charge in [0.05, 0.1) is 4.90 Å². The number of nitrogens with zero attached hydrogens (tertiary/aromatic N) is 1. The van der Waals surface area contributed by atoms with Gasteiger partial charge in [0.1, 0.15) is 17.6 Å².